The SMILES string of the molecule is CN(CCc1ccccn1)C(=O)c1cc(S(=O)(=O)N2CCOCC2)ccc1Cl.Cl. The van der Waals surface area contributed by atoms with Crippen molar-refractivity contribution in [3.63, 3.8) is 0 Å². The van der Waals surface area contributed by atoms with Crippen molar-refractivity contribution < 1.29 is 17.9 Å². The monoisotopic (exact) mass is 459 g/mol. The lowest BCUT2D eigenvalue weighted by atomic mass is 10.2. The number of ether oxygens (including phenoxy) is 1. The molecule has 1 aromatic heterocycles. The number of sulfonamides is 1. The molecule has 3 rings (SSSR count). The summed E-state index contributed by atoms with van der Waals surface area (Å²) in [4.78, 5) is 18.6. The van der Waals surface area contributed by atoms with E-state index in [4.69, 9.17) is 16.3 Å². The first-order valence-electron chi connectivity index (χ1n) is 8.92. The molecule has 2 aromatic rings. The van der Waals surface area contributed by atoms with Crippen LogP contribution < -0.4 is 0 Å². The predicted molar refractivity (Wildman–Crippen MR) is 113 cm³/mol. The van der Waals surface area contributed by atoms with Crippen LogP contribution in [0.3, 0.4) is 0 Å². The van der Waals surface area contributed by atoms with E-state index < -0.39 is 10.0 Å². The van der Waals surface area contributed by atoms with Crippen molar-refractivity contribution in [2.45, 2.75) is 11.3 Å². The zero-order valence-electron chi connectivity index (χ0n) is 16.0. The van der Waals surface area contributed by atoms with Crippen LogP contribution in [0.15, 0.2) is 47.5 Å². The van der Waals surface area contributed by atoms with Gasteiger partial charge in [0.15, 0.2) is 0 Å². The minimum atomic E-state index is -3.70. The van der Waals surface area contributed by atoms with Gasteiger partial charge in [-0.05, 0) is 30.3 Å². The number of rotatable bonds is 6. The summed E-state index contributed by atoms with van der Waals surface area (Å²) in [5.74, 6) is -0.333. The Kier molecular flexibility index (Phi) is 8.42. The lowest BCUT2D eigenvalue weighted by Gasteiger charge is -2.26. The van der Waals surface area contributed by atoms with Gasteiger partial charge in [0.25, 0.3) is 5.91 Å². The first kappa shape index (κ1) is 23.6. The van der Waals surface area contributed by atoms with Gasteiger partial charge in [-0.3, -0.25) is 9.78 Å². The summed E-state index contributed by atoms with van der Waals surface area (Å²) < 4.78 is 32.3. The van der Waals surface area contributed by atoms with Crippen molar-refractivity contribution >= 4 is 39.9 Å². The second-order valence-corrected chi connectivity index (χ2v) is 8.80. The van der Waals surface area contributed by atoms with E-state index in [1.807, 2.05) is 18.2 Å². The van der Waals surface area contributed by atoms with Crippen molar-refractivity contribution in [1.82, 2.24) is 14.2 Å². The molecule has 0 unspecified atom stereocenters. The Morgan fingerprint density at radius 1 is 1.24 bits per heavy atom. The van der Waals surface area contributed by atoms with Crippen LogP contribution in [0.2, 0.25) is 5.02 Å². The normalized spacial score (nSPS) is 14.8. The van der Waals surface area contributed by atoms with Gasteiger partial charge in [0.2, 0.25) is 10.0 Å². The molecule has 1 fully saturated rings. The molecule has 10 heteroatoms. The van der Waals surface area contributed by atoms with Crippen LogP contribution in [-0.4, -0.2) is 68.4 Å². The Morgan fingerprint density at radius 3 is 2.62 bits per heavy atom. The topological polar surface area (TPSA) is 79.8 Å². The highest BCUT2D eigenvalue weighted by molar-refractivity contribution is 7.89. The van der Waals surface area contributed by atoms with Crippen LogP contribution in [-0.2, 0) is 21.2 Å². The van der Waals surface area contributed by atoms with Gasteiger partial charge in [0.05, 0.1) is 28.7 Å². The van der Waals surface area contributed by atoms with Crippen molar-refractivity contribution in [3.05, 3.63) is 58.9 Å². The molecule has 1 saturated heterocycles. The first-order valence-corrected chi connectivity index (χ1v) is 10.7. The van der Waals surface area contributed by atoms with E-state index in [0.717, 1.165) is 5.69 Å². The molecular formula is C19H23Cl2N3O4S. The van der Waals surface area contributed by atoms with Crippen LogP contribution in [0, 0.1) is 0 Å². The molecule has 0 atom stereocenters. The molecule has 0 spiro atoms. The van der Waals surface area contributed by atoms with E-state index in [1.54, 1.807) is 13.2 Å². The Hall–Kier alpha value is -1.71. The Labute approximate surface area is 182 Å². The third kappa shape index (κ3) is 5.67. The molecule has 1 aliphatic rings. The molecule has 1 amide bonds. The van der Waals surface area contributed by atoms with Gasteiger partial charge >= 0.3 is 0 Å². The van der Waals surface area contributed by atoms with E-state index in [1.165, 1.54) is 27.4 Å². The highest BCUT2D eigenvalue weighted by Gasteiger charge is 2.28. The van der Waals surface area contributed by atoms with E-state index in [2.05, 4.69) is 4.98 Å². The number of hydrogen-bond acceptors (Lipinski definition) is 5. The maximum Gasteiger partial charge on any atom is 0.255 e. The molecule has 0 radical (unpaired) electrons. The van der Waals surface area contributed by atoms with Gasteiger partial charge in [0.1, 0.15) is 0 Å². The van der Waals surface area contributed by atoms with E-state index >= 15 is 0 Å². The Bertz CT molecular complexity index is 936. The molecule has 7 nitrogen and oxygen atoms in total. The molecule has 158 valence electrons. The van der Waals surface area contributed by atoms with Crippen LogP contribution in [0.1, 0.15) is 16.1 Å². The minimum absolute atomic E-state index is 0. The molecule has 0 aliphatic carbocycles. The summed E-state index contributed by atoms with van der Waals surface area (Å²) in [6.45, 7) is 1.73. The molecule has 0 bridgehead atoms. The summed E-state index contributed by atoms with van der Waals surface area (Å²) >= 11 is 6.20. The number of amides is 1. The second-order valence-electron chi connectivity index (χ2n) is 6.46. The van der Waals surface area contributed by atoms with Gasteiger partial charge in [-0.2, -0.15) is 4.31 Å². The fourth-order valence-corrected chi connectivity index (χ4v) is 4.53. The number of carbonyl (C=O) groups is 1. The summed E-state index contributed by atoms with van der Waals surface area (Å²) in [7, 11) is -2.04. The Balaban J connectivity index is 0.00000300. The number of morpholine rings is 1. The lowest BCUT2D eigenvalue weighted by molar-refractivity contribution is 0.0730. The molecule has 2 heterocycles. The number of halogens is 2. The molecule has 1 aromatic carbocycles. The van der Waals surface area contributed by atoms with Crippen molar-refractivity contribution in [1.29, 1.82) is 0 Å². The average Bonchev–Trinajstić information content (AvgIpc) is 2.73. The van der Waals surface area contributed by atoms with Gasteiger partial charge in [-0.25, -0.2) is 8.42 Å². The zero-order chi connectivity index (χ0) is 20.1. The molecular weight excluding hydrogens is 437 g/mol. The smallest absolute Gasteiger partial charge is 0.255 e. The standard InChI is InChI=1S/C19H22ClN3O4S.ClH/c1-22(9-7-15-4-2-3-8-21-15)19(24)17-14-16(5-6-18(17)20)28(25,26)23-10-12-27-13-11-23;/h2-6,8,14H,7,9-13H2,1H3;1H. The molecule has 0 saturated carbocycles. The summed E-state index contributed by atoms with van der Waals surface area (Å²) in [6, 6.07) is 9.85. The summed E-state index contributed by atoms with van der Waals surface area (Å²) in [6.07, 6.45) is 2.29. The van der Waals surface area contributed by atoms with Crippen LogP contribution >= 0.6 is 24.0 Å². The Morgan fingerprint density at radius 2 is 1.97 bits per heavy atom. The zero-order valence-corrected chi connectivity index (χ0v) is 18.3. The quantitative estimate of drug-likeness (QED) is 0.662. The average molecular weight is 460 g/mol. The molecule has 1 aliphatic heterocycles. The lowest BCUT2D eigenvalue weighted by Crippen LogP contribution is -2.40. The highest BCUT2D eigenvalue weighted by atomic mass is 35.5. The third-order valence-corrected chi connectivity index (χ3v) is 6.78. The van der Waals surface area contributed by atoms with Crippen LogP contribution in [0.4, 0.5) is 0 Å². The number of benzene rings is 1. The van der Waals surface area contributed by atoms with Gasteiger partial charge < -0.3 is 9.64 Å². The second kappa shape index (κ2) is 10.4. The number of nitrogens with zero attached hydrogens (tertiary/aromatic N) is 3. The highest BCUT2D eigenvalue weighted by Crippen LogP contribution is 2.24. The number of pyridine rings is 1. The van der Waals surface area contributed by atoms with E-state index in [9.17, 15) is 13.2 Å². The van der Waals surface area contributed by atoms with E-state index in [-0.39, 0.29) is 46.9 Å². The van der Waals surface area contributed by atoms with Gasteiger partial charge in [-0.15, -0.1) is 12.4 Å². The number of likely N-dealkylation sites (N-methyl/N-ethyl adjacent to an activating group) is 1. The van der Waals surface area contributed by atoms with E-state index in [0.29, 0.717) is 26.2 Å². The summed E-state index contributed by atoms with van der Waals surface area (Å²) in [5.41, 5.74) is 1.04. The van der Waals surface area contributed by atoms with Crippen molar-refractivity contribution in [3.8, 4) is 0 Å². The largest absolute Gasteiger partial charge is 0.379 e. The number of hydrogen-bond donors (Lipinski definition) is 0. The maximum atomic E-state index is 12.8. The minimum Gasteiger partial charge on any atom is -0.379 e. The van der Waals surface area contributed by atoms with Gasteiger partial charge in [0, 0.05) is 45.0 Å². The first-order chi connectivity index (χ1) is 13.4. The number of aromatic nitrogens is 1. The molecule has 29 heavy (non-hydrogen) atoms. The number of carbonyl (C=O) groups excluding carboxylic acids is 1. The third-order valence-electron chi connectivity index (χ3n) is 4.55. The van der Waals surface area contributed by atoms with Gasteiger partial charge in [-0.1, -0.05) is 17.7 Å². The van der Waals surface area contributed by atoms with Crippen LogP contribution in [0.25, 0.3) is 0 Å². The summed E-state index contributed by atoms with van der Waals surface area (Å²) in [5, 5.41) is 0.218. The fraction of sp³-hybridized carbons (Fsp3) is 0.368. The maximum absolute atomic E-state index is 12.8. The molecule has 0 N–H and O–H groups in total. The van der Waals surface area contributed by atoms with Crippen molar-refractivity contribution in [2.75, 3.05) is 39.9 Å². The fourth-order valence-electron chi connectivity index (χ4n) is 2.90. The predicted octanol–water partition coefficient (Wildman–Crippen LogP) is 2.49. The van der Waals surface area contributed by atoms with Crippen LogP contribution in [0.5, 0.6) is 0 Å². The van der Waals surface area contributed by atoms with Crippen molar-refractivity contribution in [2.24, 2.45) is 0 Å².